The zero-order chi connectivity index (χ0) is 12.3. The average Bonchev–Trinajstić information content (AvgIpc) is 2.39. The topological polar surface area (TPSA) is 15.3 Å². The summed E-state index contributed by atoms with van der Waals surface area (Å²) in [6.07, 6.45) is 3.85. The van der Waals surface area contributed by atoms with E-state index in [1.54, 1.807) is 0 Å². The molecule has 0 saturated heterocycles. The normalized spacial score (nSPS) is 29.5. The number of likely N-dealkylation sites (N-methyl/N-ethyl adjacent to an activating group) is 2. The fourth-order valence-corrected chi connectivity index (χ4v) is 3.08. The van der Waals surface area contributed by atoms with E-state index in [2.05, 4.69) is 61.7 Å². The number of rotatable bonds is 3. The van der Waals surface area contributed by atoms with Crippen LogP contribution in [-0.2, 0) is 0 Å². The van der Waals surface area contributed by atoms with Crippen molar-refractivity contribution in [3.63, 3.8) is 0 Å². The van der Waals surface area contributed by atoms with Crippen LogP contribution in [0.4, 0.5) is 0 Å². The summed E-state index contributed by atoms with van der Waals surface area (Å²) in [5.74, 6) is 0.730. The van der Waals surface area contributed by atoms with Crippen LogP contribution in [-0.4, -0.2) is 38.1 Å². The molecule has 3 atom stereocenters. The Bertz CT molecular complexity index is 334. The van der Waals surface area contributed by atoms with Crippen molar-refractivity contribution in [2.45, 2.75) is 37.3 Å². The Kier molecular flexibility index (Phi) is 4.19. The maximum absolute atomic E-state index is 3.47. The van der Waals surface area contributed by atoms with E-state index < -0.39 is 0 Å². The van der Waals surface area contributed by atoms with E-state index in [0.29, 0.717) is 12.1 Å². The second-order valence-corrected chi connectivity index (χ2v) is 5.35. The lowest BCUT2D eigenvalue weighted by Crippen LogP contribution is -2.49. The average molecular weight is 232 g/mol. The van der Waals surface area contributed by atoms with Gasteiger partial charge in [-0.3, -0.25) is 0 Å². The van der Waals surface area contributed by atoms with Crippen LogP contribution in [0.25, 0.3) is 0 Å². The minimum Gasteiger partial charge on any atom is -0.315 e. The molecule has 0 aliphatic heterocycles. The molecule has 0 radical (unpaired) electrons. The fraction of sp³-hybridized carbons (Fsp3) is 0.600. The highest BCUT2D eigenvalue weighted by atomic mass is 15.1. The van der Waals surface area contributed by atoms with Gasteiger partial charge in [-0.05, 0) is 51.9 Å². The molecule has 1 fully saturated rings. The molecule has 1 aromatic rings. The number of nitrogens with zero attached hydrogens (tertiary/aromatic N) is 1. The molecule has 3 unspecified atom stereocenters. The van der Waals surface area contributed by atoms with Gasteiger partial charge in [0.2, 0.25) is 0 Å². The van der Waals surface area contributed by atoms with Gasteiger partial charge in [-0.25, -0.2) is 0 Å². The predicted octanol–water partition coefficient (Wildman–Crippen LogP) is 2.47. The highest BCUT2D eigenvalue weighted by molar-refractivity contribution is 5.20. The molecule has 94 valence electrons. The van der Waals surface area contributed by atoms with Gasteiger partial charge in [0.1, 0.15) is 0 Å². The third-order valence-corrected chi connectivity index (χ3v) is 4.12. The lowest BCUT2D eigenvalue weighted by atomic mass is 9.78. The molecule has 1 aliphatic carbocycles. The van der Waals surface area contributed by atoms with E-state index >= 15 is 0 Å². The van der Waals surface area contributed by atoms with Crippen molar-refractivity contribution in [2.75, 3.05) is 21.1 Å². The van der Waals surface area contributed by atoms with Crippen LogP contribution < -0.4 is 5.32 Å². The molecule has 2 rings (SSSR count). The number of nitrogens with one attached hydrogen (secondary N) is 1. The van der Waals surface area contributed by atoms with Crippen molar-refractivity contribution in [3.05, 3.63) is 35.9 Å². The van der Waals surface area contributed by atoms with Crippen LogP contribution in [0, 0.1) is 0 Å². The largest absolute Gasteiger partial charge is 0.315 e. The fourth-order valence-electron chi connectivity index (χ4n) is 3.08. The van der Waals surface area contributed by atoms with Gasteiger partial charge < -0.3 is 10.2 Å². The van der Waals surface area contributed by atoms with Crippen molar-refractivity contribution in [2.24, 2.45) is 0 Å². The summed E-state index contributed by atoms with van der Waals surface area (Å²) in [4.78, 5) is 2.37. The van der Waals surface area contributed by atoms with Gasteiger partial charge in [0.25, 0.3) is 0 Å². The predicted molar refractivity (Wildman–Crippen MR) is 73.4 cm³/mol. The Morgan fingerprint density at radius 3 is 2.41 bits per heavy atom. The third-order valence-electron chi connectivity index (χ3n) is 4.12. The van der Waals surface area contributed by atoms with Crippen molar-refractivity contribution >= 4 is 0 Å². The van der Waals surface area contributed by atoms with Crippen molar-refractivity contribution in [1.82, 2.24) is 10.2 Å². The maximum Gasteiger partial charge on any atom is 0.0248 e. The molecule has 1 N–H and O–H groups in total. The Balaban J connectivity index is 2.09. The van der Waals surface area contributed by atoms with E-state index in [4.69, 9.17) is 0 Å². The van der Waals surface area contributed by atoms with Gasteiger partial charge in [0.05, 0.1) is 0 Å². The monoisotopic (exact) mass is 232 g/mol. The first-order chi connectivity index (χ1) is 8.22. The first kappa shape index (κ1) is 12.6. The van der Waals surface area contributed by atoms with Crippen LogP contribution in [0.3, 0.4) is 0 Å². The molecule has 0 amide bonds. The standard InChI is InChI=1S/C15H24N2/c1-16-14-10-9-13(11-15(14)17(2)3)12-7-5-4-6-8-12/h4-8,13-16H,9-11H2,1-3H3. The van der Waals surface area contributed by atoms with Gasteiger partial charge in [0.15, 0.2) is 0 Å². The molecule has 2 nitrogen and oxygen atoms in total. The van der Waals surface area contributed by atoms with Gasteiger partial charge >= 0.3 is 0 Å². The van der Waals surface area contributed by atoms with E-state index in [1.165, 1.54) is 24.8 Å². The first-order valence-electron chi connectivity index (χ1n) is 6.61. The molecule has 1 saturated carbocycles. The molecule has 17 heavy (non-hydrogen) atoms. The number of benzene rings is 1. The quantitative estimate of drug-likeness (QED) is 0.861. The summed E-state index contributed by atoms with van der Waals surface area (Å²) in [6, 6.07) is 12.3. The minimum atomic E-state index is 0.643. The summed E-state index contributed by atoms with van der Waals surface area (Å²) in [7, 11) is 6.48. The molecule has 2 heteroatoms. The van der Waals surface area contributed by atoms with Crippen molar-refractivity contribution < 1.29 is 0 Å². The summed E-state index contributed by atoms with van der Waals surface area (Å²) >= 11 is 0. The molecular weight excluding hydrogens is 208 g/mol. The van der Waals surface area contributed by atoms with Gasteiger partial charge in [-0.15, -0.1) is 0 Å². The van der Waals surface area contributed by atoms with Crippen molar-refractivity contribution in [3.8, 4) is 0 Å². The third kappa shape index (κ3) is 2.88. The number of hydrogen-bond acceptors (Lipinski definition) is 2. The highest BCUT2D eigenvalue weighted by Crippen LogP contribution is 2.34. The summed E-state index contributed by atoms with van der Waals surface area (Å²) in [5, 5.41) is 3.47. The molecule has 1 aromatic carbocycles. The van der Waals surface area contributed by atoms with E-state index in [0.717, 1.165) is 5.92 Å². The van der Waals surface area contributed by atoms with E-state index in [-0.39, 0.29) is 0 Å². The second kappa shape index (κ2) is 5.65. The van der Waals surface area contributed by atoms with Crippen LogP contribution in [0.2, 0.25) is 0 Å². The molecule has 1 aliphatic rings. The summed E-state index contributed by atoms with van der Waals surface area (Å²) < 4.78 is 0. The Morgan fingerprint density at radius 2 is 1.82 bits per heavy atom. The molecular formula is C15H24N2. The smallest absolute Gasteiger partial charge is 0.0248 e. The zero-order valence-electron chi connectivity index (χ0n) is 11.2. The van der Waals surface area contributed by atoms with Crippen LogP contribution in [0.15, 0.2) is 30.3 Å². The molecule has 0 aromatic heterocycles. The van der Waals surface area contributed by atoms with E-state index in [9.17, 15) is 0 Å². The molecule has 0 heterocycles. The van der Waals surface area contributed by atoms with Crippen LogP contribution in [0.5, 0.6) is 0 Å². The van der Waals surface area contributed by atoms with Crippen LogP contribution in [0.1, 0.15) is 30.7 Å². The Labute approximate surface area is 105 Å². The minimum absolute atomic E-state index is 0.643. The highest BCUT2D eigenvalue weighted by Gasteiger charge is 2.31. The lowest BCUT2D eigenvalue weighted by molar-refractivity contribution is 0.169. The SMILES string of the molecule is CNC1CCC(c2ccccc2)CC1N(C)C. The Morgan fingerprint density at radius 1 is 1.12 bits per heavy atom. The summed E-state index contributed by atoms with van der Waals surface area (Å²) in [5.41, 5.74) is 1.51. The maximum atomic E-state index is 3.47. The summed E-state index contributed by atoms with van der Waals surface area (Å²) in [6.45, 7) is 0. The Hall–Kier alpha value is -0.860. The molecule has 0 bridgehead atoms. The number of hydrogen-bond donors (Lipinski definition) is 1. The van der Waals surface area contributed by atoms with Crippen LogP contribution >= 0.6 is 0 Å². The van der Waals surface area contributed by atoms with Crippen molar-refractivity contribution in [1.29, 1.82) is 0 Å². The lowest BCUT2D eigenvalue weighted by Gasteiger charge is -2.40. The van der Waals surface area contributed by atoms with Gasteiger partial charge in [0, 0.05) is 12.1 Å². The van der Waals surface area contributed by atoms with E-state index in [1.807, 2.05) is 0 Å². The second-order valence-electron chi connectivity index (χ2n) is 5.35. The molecule has 0 spiro atoms. The van der Waals surface area contributed by atoms with Gasteiger partial charge in [-0.2, -0.15) is 0 Å². The van der Waals surface area contributed by atoms with Gasteiger partial charge in [-0.1, -0.05) is 30.3 Å². The first-order valence-corrected chi connectivity index (χ1v) is 6.61. The zero-order valence-corrected chi connectivity index (χ0v) is 11.2.